The highest BCUT2D eigenvalue weighted by molar-refractivity contribution is 5.47. The smallest absolute Gasteiger partial charge is 0.363 e. The van der Waals surface area contributed by atoms with Crippen LogP contribution < -0.4 is 5.32 Å². The summed E-state index contributed by atoms with van der Waals surface area (Å²) in [4.78, 5) is 13.9. The van der Waals surface area contributed by atoms with Gasteiger partial charge in [-0.3, -0.25) is 0 Å². The van der Waals surface area contributed by atoms with Crippen molar-refractivity contribution in [2.24, 2.45) is 23.7 Å². The van der Waals surface area contributed by atoms with Crippen molar-refractivity contribution in [3.8, 4) is 0 Å². The first-order valence-electron chi connectivity index (χ1n) is 6.61. The van der Waals surface area contributed by atoms with Gasteiger partial charge in [0.25, 0.3) is 0 Å². The van der Waals surface area contributed by atoms with E-state index in [0.717, 1.165) is 29.4 Å². The van der Waals surface area contributed by atoms with Crippen molar-refractivity contribution >= 4 is 11.5 Å². The summed E-state index contributed by atoms with van der Waals surface area (Å²) in [6, 6.07) is 3.83. The molecule has 4 atom stereocenters. The fourth-order valence-electron chi connectivity index (χ4n) is 4.29. The van der Waals surface area contributed by atoms with Crippen LogP contribution in [0, 0.1) is 33.8 Å². The third-order valence-corrected chi connectivity index (χ3v) is 5.00. The SMILES string of the molecule is O=[N+]([O-])c1ccc(NC2C3C4CCC(C4)C23)cn1. The molecule has 4 unspecified atom stereocenters. The highest BCUT2D eigenvalue weighted by Crippen LogP contribution is 2.66. The van der Waals surface area contributed by atoms with Crippen molar-refractivity contribution < 1.29 is 4.92 Å². The minimum Gasteiger partial charge on any atom is -0.379 e. The average molecular weight is 245 g/mol. The lowest BCUT2D eigenvalue weighted by molar-refractivity contribution is -0.389. The Kier molecular flexibility index (Phi) is 1.96. The van der Waals surface area contributed by atoms with Gasteiger partial charge in [0.2, 0.25) is 0 Å². The number of aromatic nitrogens is 1. The lowest BCUT2D eigenvalue weighted by Gasteiger charge is -2.10. The first kappa shape index (κ1) is 10.3. The Balaban J connectivity index is 1.46. The third kappa shape index (κ3) is 1.36. The van der Waals surface area contributed by atoms with Crippen molar-refractivity contribution in [1.82, 2.24) is 4.98 Å². The maximum Gasteiger partial charge on any atom is 0.363 e. The Hall–Kier alpha value is -1.65. The molecule has 4 rings (SSSR count). The summed E-state index contributed by atoms with van der Waals surface area (Å²) in [6.07, 6.45) is 5.82. The van der Waals surface area contributed by atoms with Crippen molar-refractivity contribution in [2.45, 2.75) is 25.3 Å². The maximum absolute atomic E-state index is 10.5. The highest BCUT2D eigenvalue weighted by Gasteiger charge is 2.65. The number of nitro groups is 1. The zero-order valence-corrected chi connectivity index (χ0v) is 9.95. The zero-order chi connectivity index (χ0) is 12.3. The summed E-state index contributed by atoms with van der Waals surface area (Å²) in [6.45, 7) is 0. The Bertz CT molecular complexity index is 485. The molecule has 3 fully saturated rings. The van der Waals surface area contributed by atoms with E-state index in [-0.39, 0.29) is 5.82 Å². The molecule has 1 N–H and O–H groups in total. The maximum atomic E-state index is 10.5. The van der Waals surface area contributed by atoms with Gasteiger partial charge >= 0.3 is 5.82 Å². The summed E-state index contributed by atoms with van der Waals surface area (Å²) in [5, 5.41) is 14.0. The number of nitrogens with one attached hydrogen (secondary N) is 1. The Morgan fingerprint density at radius 2 is 2.00 bits per heavy atom. The van der Waals surface area contributed by atoms with Gasteiger partial charge in [0.05, 0.1) is 5.69 Å². The van der Waals surface area contributed by atoms with Crippen LogP contribution in [0.4, 0.5) is 11.5 Å². The average Bonchev–Trinajstić information content (AvgIpc) is 2.78. The molecule has 1 heterocycles. The van der Waals surface area contributed by atoms with Crippen LogP contribution in [-0.4, -0.2) is 15.9 Å². The quantitative estimate of drug-likeness (QED) is 0.656. The standard InChI is InChI=1S/C13H15N3O2/c17-16(18)10-4-3-9(6-14-10)15-13-11-7-1-2-8(5-7)12(11)13/h3-4,6-8,11-13,15H,1-2,5H2. The third-order valence-electron chi connectivity index (χ3n) is 5.00. The van der Waals surface area contributed by atoms with Gasteiger partial charge in [-0.05, 0) is 58.9 Å². The van der Waals surface area contributed by atoms with Crippen molar-refractivity contribution in [3.63, 3.8) is 0 Å². The van der Waals surface area contributed by atoms with Crippen LogP contribution in [0.2, 0.25) is 0 Å². The fraction of sp³-hybridized carbons (Fsp3) is 0.615. The zero-order valence-electron chi connectivity index (χ0n) is 9.95. The van der Waals surface area contributed by atoms with Crippen molar-refractivity contribution in [2.75, 3.05) is 5.32 Å². The van der Waals surface area contributed by atoms with E-state index in [2.05, 4.69) is 10.3 Å². The second-order valence-corrected chi connectivity index (χ2v) is 5.82. The molecular formula is C13H15N3O2. The number of rotatable bonds is 3. The van der Waals surface area contributed by atoms with Gasteiger partial charge in [-0.2, -0.15) is 0 Å². The molecule has 5 heteroatoms. The van der Waals surface area contributed by atoms with Crippen LogP contribution in [-0.2, 0) is 0 Å². The van der Waals surface area contributed by atoms with Gasteiger partial charge in [0.15, 0.2) is 6.20 Å². The molecule has 2 bridgehead atoms. The number of pyridine rings is 1. The van der Waals surface area contributed by atoms with E-state index < -0.39 is 4.92 Å². The Labute approximate surface area is 105 Å². The highest BCUT2D eigenvalue weighted by atomic mass is 16.6. The lowest BCUT2D eigenvalue weighted by Crippen LogP contribution is -2.12. The van der Waals surface area contributed by atoms with Crippen LogP contribution >= 0.6 is 0 Å². The predicted molar refractivity (Wildman–Crippen MR) is 66.1 cm³/mol. The molecule has 3 aliphatic rings. The van der Waals surface area contributed by atoms with Crippen molar-refractivity contribution in [3.05, 3.63) is 28.4 Å². The number of nitrogens with zero attached hydrogens (tertiary/aromatic N) is 2. The summed E-state index contributed by atoms with van der Waals surface area (Å²) in [5.41, 5.74) is 0.916. The molecule has 0 aliphatic heterocycles. The second kappa shape index (κ2) is 3.43. The molecule has 18 heavy (non-hydrogen) atoms. The van der Waals surface area contributed by atoms with E-state index in [9.17, 15) is 10.1 Å². The van der Waals surface area contributed by atoms with Gasteiger partial charge in [0, 0.05) is 12.1 Å². The normalized spacial score (nSPS) is 39.4. The number of fused-ring (bicyclic) bond motifs is 5. The molecule has 0 radical (unpaired) electrons. The number of anilines is 1. The first-order valence-corrected chi connectivity index (χ1v) is 6.61. The molecule has 3 aliphatic carbocycles. The van der Waals surface area contributed by atoms with E-state index >= 15 is 0 Å². The first-order chi connectivity index (χ1) is 8.74. The Morgan fingerprint density at radius 1 is 1.28 bits per heavy atom. The van der Waals surface area contributed by atoms with E-state index in [1.165, 1.54) is 25.3 Å². The molecule has 3 saturated carbocycles. The minimum atomic E-state index is -0.462. The van der Waals surface area contributed by atoms with Gasteiger partial charge in [0.1, 0.15) is 0 Å². The summed E-state index contributed by atoms with van der Waals surface area (Å²) < 4.78 is 0. The number of hydrogen-bond donors (Lipinski definition) is 1. The molecular weight excluding hydrogens is 230 g/mol. The van der Waals surface area contributed by atoms with Gasteiger partial charge in [-0.15, -0.1) is 0 Å². The second-order valence-electron chi connectivity index (χ2n) is 5.82. The van der Waals surface area contributed by atoms with Crippen LogP contribution in [0.1, 0.15) is 19.3 Å². The van der Waals surface area contributed by atoms with Gasteiger partial charge in [-0.1, -0.05) is 0 Å². The number of hydrogen-bond acceptors (Lipinski definition) is 4. The molecule has 0 spiro atoms. The largest absolute Gasteiger partial charge is 0.379 e. The van der Waals surface area contributed by atoms with Gasteiger partial charge < -0.3 is 15.4 Å². The Morgan fingerprint density at radius 3 is 2.56 bits per heavy atom. The van der Waals surface area contributed by atoms with Crippen LogP contribution in [0.5, 0.6) is 0 Å². The molecule has 0 amide bonds. The van der Waals surface area contributed by atoms with E-state index in [0.29, 0.717) is 6.04 Å². The van der Waals surface area contributed by atoms with Crippen molar-refractivity contribution in [1.29, 1.82) is 0 Å². The van der Waals surface area contributed by atoms with Gasteiger partial charge in [-0.25, -0.2) is 0 Å². The minimum absolute atomic E-state index is 0.0865. The molecule has 0 saturated heterocycles. The molecule has 94 valence electrons. The molecule has 1 aromatic heterocycles. The monoisotopic (exact) mass is 245 g/mol. The molecule has 5 nitrogen and oxygen atoms in total. The van der Waals surface area contributed by atoms with E-state index in [4.69, 9.17) is 0 Å². The van der Waals surface area contributed by atoms with Crippen LogP contribution in [0.3, 0.4) is 0 Å². The fourth-order valence-corrected chi connectivity index (χ4v) is 4.29. The predicted octanol–water partition coefficient (Wildman–Crippen LogP) is 2.45. The van der Waals surface area contributed by atoms with Crippen LogP contribution in [0.25, 0.3) is 0 Å². The molecule has 0 aromatic carbocycles. The van der Waals surface area contributed by atoms with E-state index in [1.54, 1.807) is 12.3 Å². The lowest BCUT2D eigenvalue weighted by atomic mass is 10.0. The van der Waals surface area contributed by atoms with Crippen LogP contribution in [0.15, 0.2) is 18.3 Å². The summed E-state index contributed by atoms with van der Waals surface area (Å²) in [7, 11) is 0. The summed E-state index contributed by atoms with van der Waals surface area (Å²) >= 11 is 0. The van der Waals surface area contributed by atoms with E-state index in [1.807, 2.05) is 0 Å². The molecule has 1 aromatic rings. The summed E-state index contributed by atoms with van der Waals surface area (Å²) in [5.74, 6) is 3.50. The topological polar surface area (TPSA) is 68.1 Å².